The normalized spacial score (nSPS) is 12.4. The van der Waals surface area contributed by atoms with E-state index < -0.39 is 53.8 Å². The first-order valence-electron chi connectivity index (χ1n) is 16.9. The fourth-order valence-electron chi connectivity index (χ4n) is 3.97. The van der Waals surface area contributed by atoms with Crippen LogP contribution in [0.3, 0.4) is 0 Å². The molecule has 2 N–H and O–H groups in total. The predicted molar refractivity (Wildman–Crippen MR) is 196 cm³/mol. The SMILES string of the molecule is C=C(C)c1cccc(C(C)C)c1[N]=[Mo]=[CH]C(C)(C)c1ccccc1.CC(O)(C(F)(F)F)C(F)(F)F.CC(O)(C(F)(F)F)C(F)(F)F.c1ccc(-c2ccccn2)nc1. The van der Waals surface area contributed by atoms with Gasteiger partial charge in [-0.2, -0.15) is 52.7 Å². The van der Waals surface area contributed by atoms with E-state index in [1.807, 2.05) is 36.4 Å². The molecule has 2 aromatic heterocycles. The smallest absolute Gasteiger partial charge is 0.374 e. The zero-order chi connectivity index (χ0) is 45.0. The molecule has 0 radical (unpaired) electrons. The first-order chi connectivity index (χ1) is 26.3. The maximum Gasteiger partial charge on any atom is 0.425 e. The number of halogens is 12. The third-order valence-electron chi connectivity index (χ3n) is 7.96. The zero-order valence-electron chi connectivity index (χ0n) is 32.3. The Morgan fingerprint density at radius 2 is 1.02 bits per heavy atom. The molecule has 58 heavy (non-hydrogen) atoms. The summed E-state index contributed by atoms with van der Waals surface area (Å²) in [4.78, 5) is 8.37. The maximum atomic E-state index is 11.4. The summed E-state index contributed by atoms with van der Waals surface area (Å²) in [5.74, 6) is 0.470. The monoisotopic (exact) mass is 923 g/mol. The van der Waals surface area contributed by atoms with Gasteiger partial charge in [0.1, 0.15) is 0 Å². The van der Waals surface area contributed by atoms with Gasteiger partial charge in [-0.1, -0.05) is 12.1 Å². The number of pyridine rings is 2. The molecule has 18 heteroatoms. The summed E-state index contributed by atoms with van der Waals surface area (Å²) in [6.07, 6.45) is -19.2. The Morgan fingerprint density at radius 3 is 1.33 bits per heavy atom. The van der Waals surface area contributed by atoms with Crippen molar-refractivity contribution in [2.45, 2.75) is 95.7 Å². The summed E-state index contributed by atoms with van der Waals surface area (Å²) >= 11 is -0.594. The van der Waals surface area contributed by atoms with Gasteiger partial charge in [0.05, 0.1) is 11.4 Å². The molecule has 0 aliphatic heterocycles. The van der Waals surface area contributed by atoms with Crippen molar-refractivity contribution in [3.63, 3.8) is 0 Å². The molecule has 0 aliphatic rings. The molecule has 0 unspecified atom stereocenters. The summed E-state index contributed by atoms with van der Waals surface area (Å²) in [5.41, 5.74) is -1.25. The van der Waals surface area contributed by atoms with Crippen molar-refractivity contribution in [3.8, 4) is 11.4 Å². The molecule has 0 amide bonds. The second-order valence-electron chi connectivity index (χ2n) is 13.6. The molecule has 0 atom stereocenters. The van der Waals surface area contributed by atoms with E-state index >= 15 is 0 Å². The second kappa shape index (κ2) is 20.7. The Bertz CT molecular complexity index is 1830. The molecule has 0 saturated carbocycles. The quantitative estimate of drug-likeness (QED) is 0.149. The molecule has 5 nitrogen and oxygen atoms in total. The summed E-state index contributed by atoms with van der Waals surface area (Å²) in [6.45, 7) is 14.5. The van der Waals surface area contributed by atoms with E-state index in [2.05, 4.69) is 104 Å². The van der Waals surface area contributed by atoms with Crippen LogP contribution in [0.1, 0.15) is 71.1 Å². The Balaban J connectivity index is 0.000000419. The maximum absolute atomic E-state index is 11.4. The van der Waals surface area contributed by atoms with Crippen LogP contribution in [-0.4, -0.2) is 60.5 Å². The standard InChI is InChI=1S/C12H15N.C10H8N2.C10H12.2C4H4F6O.Mo/c1-8(2)10-6-5-7-11(9(3)4)12(10)13;1-3-7-11-9(5-1)10-6-2-4-8-12-10;1-10(2,3)9-7-5-4-6-8-9;2*1-2(11,3(5,6)7)4(8,9)10;/h5-7,9H,1H2,2-4H3;1-8H;1,4-8H,2-3H3;2*11H,1H3;. The Labute approximate surface area is 336 Å². The van der Waals surface area contributed by atoms with Gasteiger partial charge in [0.2, 0.25) is 0 Å². The second-order valence-corrected chi connectivity index (χ2v) is 15.2. The van der Waals surface area contributed by atoms with E-state index in [1.165, 1.54) is 16.7 Å². The van der Waals surface area contributed by atoms with Crippen LogP contribution in [0.25, 0.3) is 17.0 Å². The minimum absolute atomic E-state index is 0.0587. The first kappa shape index (κ1) is 51.9. The van der Waals surface area contributed by atoms with Crippen LogP contribution in [0.2, 0.25) is 0 Å². The van der Waals surface area contributed by atoms with Gasteiger partial charge in [-0.3, -0.25) is 9.97 Å². The van der Waals surface area contributed by atoms with Gasteiger partial charge in [0.15, 0.2) is 0 Å². The summed E-state index contributed by atoms with van der Waals surface area (Å²) < 4.78 is 144. The van der Waals surface area contributed by atoms with Crippen molar-refractivity contribution >= 4 is 15.7 Å². The zero-order valence-corrected chi connectivity index (χ0v) is 34.3. The summed E-state index contributed by atoms with van der Waals surface area (Å²) in [6, 6.07) is 28.7. The van der Waals surface area contributed by atoms with Crippen molar-refractivity contribution < 1.29 is 80.8 Å². The fourth-order valence-corrected chi connectivity index (χ4v) is 5.84. The molecule has 4 rings (SSSR count). The number of hydrogen-bond acceptors (Lipinski definition) is 5. The van der Waals surface area contributed by atoms with Crippen LogP contribution in [0.4, 0.5) is 58.4 Å². The molecule has 4 aromatic rings. The Kier molecular flexibility index (Phi) is 18.6. The van der Waals surface area contributed by atoms with Crippen LogP contribution >= 0.6 is 0 Å². The molecule has 0 spiro atoms. The van der Waals surface area contributed by atoms with Crippen LogP contribution in [0, 0.1) is 0 Å². The summed E-state index contributed by atoms with van der Waals surface area (Å²) in [7, 11) is 0. The van der Waals surface area contributed by atoms with Gasteiger partial charge >= 0.3 is 180 Å². The van der Waals surface area contributed by atoms with Gasteiger partial charge in [-0.05, 0) is 38.1 Å². The van der Waals surface area contributed by atoms with Crippen molar-refractivity contribution in [3.05, 3.63) is 121 Å². The van der Waals surface area contributed by atoms with Crippen LogP contribution < -0.4 is 0 Å². The van der Waals surface area contributed by atoms with Gasteiger partial charge in [0, 0.05) is 12.4 Å². The minimum atomic E-state index is -5.69. The largest absolute Gasteiger partial charge is 0.425 e. The first-order valence-corrected chi connectivity index (χ1v) is 18.9. The Hall–Kier alpha value is -4.08. The minimum Gasteiger partial charge on any atom is -0.374 e. The van der Waals surface area contributed by atoms with Crippen LogP contribution in [0.5, 0.6) is 0 Å². The van der Waals surface area contributed by atoms with Crippen LogP contribution in [-0.2, 0) is 23.3 Å². The summed E-state index contributed by atoms with van der Waals surface area (Å²) in [5, 5.41) is 15.9. The number of allylic oxidation sites excluding steroid dienone is 1. The number of rotatable bonds is 6. The number of aliphatic hydroxyl groups is 2. The van der Waals surface area contributed by atoms with Crippen LogP contribution in [0.15, 0.2) is 107 Å². The van der Waals surface area contributed by atoms with Crippen molar-refractivity contribution in [1.82, 2.24) is 9.97 Å². The third kappa shape index (κ3) is 14.9. The number of benzene rings is 2. The van der Waals surface area contributed by atoms with E-state index in [-0.39, 0.29) is 19.3 Å². The van der Waals surface area contributed by atoms with Crippen molar-refractivity contribution in [1.29, 1.82) is 0 Å². The number of nitrogens with zero attached hydrogens (tertiary/aromatic N) is 3. The van der Waals surface area contributed by atoms with E-state index in [0.29, 0.717) is 5.92 Å². The molecule has 0 saturated heterocycles. The molecule has 2 aromatic carbocycles. The fraction of sp³-hybridized carbons (Fsp3) is 0.375. The van der Waals surface area contributed by atoms with Crippen molar-refractivity contribution in [2.75, 3.05) is 0 Å². The van der Waals surface area contributed by atoms with E-state index in [0.717, 1.165) is 22.6 Å². The topological polar surface area (TPSA) is 78.6 Å². The van der Waals surface area contributed by atoms with Crippen molar-refractivity contribution in [2.24, 2.45) is 3.50 Å². The molecule has 2 heterocycles. The molecule has 0 fully saturated rings. The number of hydrogen-bond donors (Lipinski definition) is 2. The van der Waals surface area contributed by atoms with Gasteiger partial charge < -0.3 is 10.2 Å². The van der Waals surface area contributed by atoms with E-state index in [4.69, 9.17) is 13.7 Å². The Morgan fingerprint density at radius 1 is 0.621 bits per heavy atom. The molecule has 0 bridgehead atoms. The van der Waals surface area contributed by atoms with E-state index in [1.54, 1.807) is 12.4 Å². The molecular weight excluding hydrogens is 878 g/mol. The van der Waals surface area contributed by atoms with Gasteiger partial charge in [-0.25, -0.2) is 0 Å². The van der Waals surface area contributed by atoms with Gasteiger partial charge in [0.25, 0.3) is 11.2 Å². The average molecular weight is 922 g/mol. The number of aromatic nitrogens is 2. The molecular formula is C40H43F12MoN3O2. The molecule has 320 valence electrons. The molecule has 0 aliphatic carbocycles. The predicted octanol–water partition coefficient (Wildman–Crippen LogP) is 12.4. The van der Waals surface area contributed by atoms with Gasteiger partial charge in [-0.15, -0.1) is 0 Å². The average Bonchev–Trinajstić information content (AvgIpc) is 3.11. The number of alkyl halides is 12. The third-order valence-corrected chi connectivity index (χ3v) is 10.4. The van der Waals surface area contributed by atoms with E-state index in [9.17, 15) is 52.7 Å².